The Morgan fingerprint density at radius 2 is 1.66 bits per heavy atom. The van der Waals surface area contributed by atoms with E-state index < -0.39 is 33.7 Å². The lowest BCUT2D eigenvalue weighted by atomic mass is 9.84. The molecule has 1 atom stereocenters. The molecule has 0 spiro atoms. The fraction of sp³-hybridized carbons (Fsp3) is 0.552. The number of rotatable bonds is 6. The summed E-state index contributed by atoms with van der Waals surface area (Å²) >= 11 is 6.06. The lowest BCUT2D eigenvalue weighted by Crippen LogP contribution is -2.58. The van der Waals surface area contributed by atoms with E-state index in [1.54, 1.807) is 62.1 Å². The van der Waals surface area contributed by atoms with E-state index in [-0.39, 0.29) is 48.8 Å². The van der Waals surface area contributed by atoms with E-state index in [9.17, 15) is 22.8 Å². The Labute approximate surface area is 246 Å². The molecule has 2 aliphatic rings. The third-order valence-electron chi connectivity index (χ3n) is 7.57. The molecule has 4 rings (SSSR count). The molecule has 1 saturated heterocycles. The number of fused-ring (bicyclic) bond motifs is 1. The molecular weight excluding hydrogens is 570 g/mol. The van der Waals surface area contributed by atoms with E-state index >= 15 is 0 Å². The summed E-state index contributed by atoms with van der Waals surface area (Å²) in [5.74, 6) is -0.892. The number of carbonyl (C=O) groups excluding carboxylic acids is 3. The SMILES string of the molecule is COC(=O)CC1CN(S(=O)(=O)c2ccc3cc(Cl)ccc3c2)CCN1C(=O)[C@H]1CC[C@H](NC(=O)OC(C)(C)C)CC1. The maximum absolute atomic E-state index is 13.6. The van der Waals surface area contributed by atoms with Crippen molar-refractivity contribution < 1.29 is 32.3 Å². The number of sulfonamides is 1. The van der Waals surface area contributed by atoms with Crippen molar-refractivity contribution in [3.63, 3.8) is 0 Å². The zero-order chi connectivity index (χ0) is 29.9. The maximum atomic E-state index is 13.6. The van der Waals surface area contributed by atoms with Gasteiger partial charge in [0.2, 0.25) is 15.9 Å². The smallest absolute Gasteiger partial charge is 0.407 e. The van der Waals surface area contributed by atoms with Gasteiger partial charge in [-0.15, -0.1) is 0 Å². The number of methoxy groups -OCH3 is 1. The topological polar surface area (TPSA) is 122 Å². The number of ether oxygens (including phenoxy) is 2. The standard InChI is InChI=1S/C29H38ClN3O7S/c1-29(2,3)40-28(36)31-23-10-6-19(7-11-23)27(35)33-14-13-32(18-24(33)17-26(34)39-4)41(37,38)25-12-8-20-15-22(30)9-5-21(20)16-25/h5,8-9,12,15-16,19,23-24H,6-7,10-11,13-14,17-18H2,1-4H3,(H,31,36)/t19-,23-,24?. The predicted molar refractivity (Wildman–Crippen MR) is 155 cm³/mol. The first-order valence-corrected chi connectivity index (χ1v) is 15.6. The average molecular weight is 608 g/mol. The van der Waals surface area contributed by atoms with Crippen LogP contribution < -0.4 is 5.32 Å². The van der Waals surface area contributed by atoms with Gasteiger partial charge in [0.1, 0.15) is 5.60 Å². The lowest BCUT2D eigenvalue weighted by molar-refractivity contribution is -0.147. The van der Waals surface area contributed by atoms with Crippen molar-refractivity contribution in [3.05, 3.63) is 41.4 Å². The van der Waals surface area contributed by atoms with Crippen molar-refractivity contribution >= 4 is 50.4 Å². The van der Waals surface area contributed by atoms with Crippen LogP contribution in [0.4, 0.5) is 4.79 Å². The molecule has 0 radical (unpaired) electrons. The fourth-order valence-corrected chi connectivity index (χ4v) is 7.17. The van der Waals surface area contributed by atoms with Gasteiger partial charge in [0.15, 0.2) is 0 Å². The number of benzene rings is 2. The Balaban J connectivity index is 1.44. The van der Waals surface area contributed by atoms with Gasteiger partial charge in [-0.05, 0) is 81.5 Å². The summed E-state index contributed by atoms with van der Waals surface area (Å²) in [4.78, 5) is 39.8. The highest BCUT2D eigenvalue weighted by atomic mass is 35.5. The zero-order valence-corrected chi connectivity index (χ0v) is 25.5. The predicted octanol–water partition coefficient (Wildman–Crippen LogP) is 4.34. The third-order valence-corrected chi connectivity index (χ3v) is 9.66. The number of amides is 2. The highest BCUT2D eigenvalue weighted by Crippen LogP contribution is 2.30. The first-order valence-electron chi connectivity index (χ1n) is 13.8. The number of nitrogens with one attached hydrogen (secondary N) is 1. The normalized spacial score (nSPS) is 22.3. The highest BCUT2D eigenvalue weighted by Gasteiger charge is 2.40. The molecule has 10 nitrogen and oxygen atoms in total. The van der Waals surface area contributed by atoms with Crippen LogP contribution in [0.25, 0.3) is 10.8 Å². The first kappa shape index (κ1) is 31.1. The molecule has 2 amide bonds. The number of halogens is 1. The van der Waals surface area contributed by atoms with Crippen molar-refractivity contribution in [3.8, 4) is 0 Å². The molecule has 0 aromatic heterocycles. The van der Waals surface area contributed by atoms with Gasteiger partial charge in [-0.1, -0.05) is 23.7 Å². The minimum Gasteiger partial charge on any atom is -0.469 e. The van der Waals surface area contributed by atoms with E-state index in [4.69, 9.17) is 21.1 Å². The molecule has 41 heavy (non-hydrogen) atoms. The molecule has 2 aromatic rings. The van der Waals surface area contributed by atoms with Gasteiger partial charge in [0.05, 0.1) is 24.5 Å². The number of hydrogen-bond acceptors (Lipinski definition) is 7. The van der Waals surface area contributed by atoms with Gasteiger partial charge in [-0.2, -0.15) is 4.31 Å². The number of piperazine rings is 1. The molecule has 2 aromatic carbocycles. The zero-order valence-electron chi connectivity index (χ0n) is 23.9. The van der Waals surface area contributed by atoms with Crippen LogP contribution in [-0.2, 0) is 29.1 Å². The van der Waals surface area contributed by atoms with Crippen LogP contribution in [-0.4, -0.2) is 80.0 Å². The molecule has 1 heterocycles. The van der Waals surface area contributed by atoms with E-state index in [1.807, 2.05) is 0 Å². The minimum atomic E-state index is -3.89. The summed E-state index contributed by atoms with van der Waals surface area (Å²) in [6, 6.07) is 9.37. The Morgan fingerprint density at radius 3 is 2.32 bits per heavy atom. The van der Waals surface area contributed by atoms with Gasteiger partial charge in [0, 0.05) is 36.6 Å². The molecule has 12 heteroatoms. The van der Waals surface area contributed by atoms with Crippen molar-refractivity contribution in [2.45, 2.75) is 75.5 Å². The van der Waals surface area contributed by atoms with Crippen LogP contribution in [0, 0.1) is 5.92 Å². The van der Waals surface area contributed by atoms with E-state index in [2.05, 4.69) is 5.32 Å². The fourth-order valence-electron chi connectivity index (χ4n) is 5.48. The van der Waals surface area contributed by atoms with Gasteiger partial charge in [-0.25, -0.2) is 13.2 Å². The summed E-state index contributed by atoms with van der Waals surface area (Å²) in [6.45, 7) is 5.67. The molecular formula is C29H38ClN3O7S. The molecule has 1 saturated carbocycles. The Bertz CT molecular complexity index is 1400. The van der Waals surface area contributed by atoms with Crippen LogP contribution in [0.3, 0.4) is 0 Å². The maximum Gasteiger partial charge on any atom is 0.407 e. The van der Waals surface area contributed by atoms with E-state index in [1.165, 1.54) is 11.4 Å². The molecule has 0 bridgehead atoms. The summed E-state index contributed by atoms with van der Waals surface area (Å²) in [6.07, 6.45) is 1.81. The van der Waals surface area contributed by atoms with E-state index in [0.29, 0.717) is 30.7 Å². The Morgan fingerprint density at radius 1 is 1.00 bits per heavy atom. The largest absolute Gasteiger partial charge is 0.469 e. The van der Waals surface area contributed by atoms with Crippen molar-refractivity contribution in [1.29, 1.82) is 0 Å². The van der Waals surface area contributed by atoms with Crippen molar-refractivity contribution in [2.75, 3.05) is 26.7 Å². The summed E-state index contributed by atoms with van der Waals surface area (Å²) in [5, 5.41) is 5.01. The molecule has 1 unspecified atom stereocenters. The van der Waals surface area contributed by atoms with Crippen LogP contribution in [0.2, 0.25) is 5.02 Å². The summed E-state index contributed by atoms with van der Waals surface area (Å²) in [5.41, 5.74) is -0.593. The quantitative estimate of drug-likeness (QED) is 0.485. The number of nitrogens with zero attached hydrogens (tertiary/aromatic N) is 2. The number of alkyl carbamates (subject to hydrolysis) is 1. The Kier molecular flexibility index (Phi) is 9.50. The van der Waals surface area contributed by atoms with Crippen LogP contribution in [0.15, 0.2) is 41.3 Å². The van der Waals surface area contributed by atoms with E-state index in [0.717, 1.165) is 10.8 Å². The molecule has 2 fully saturated rings. The summed E-state index contributed by atoms with van der Waals surface area (Å²) in [7, 11) is -2.62. The second-order valence-electron chi connectivity index (χ2n) is 11.7. The third kappa shape index (κ3) is 7.69. The first-order chi connectivity index (χ1) is 19.3. The molecule has 1 aliphatic carbocycles. The summed E-state index contributed by atoms with van der Waals surface area (Å²) < 4.78 is 38.8. The number of esters is 1. The van der Waals surface area contributed by atoms with Gasteiger partial charge >= 0.3 is 12.1 Å². The minimum absolute atomic E-state index is 0.0165. The Hall–Kier alpha value is -2.89. The van der Waals surface area contributed by atoms with Crippen LogP contribution >= 0.6 is 11.6 Å². The second-order valence-corrected chi connectivity index (χ2v) is 14.1. The average Bonchev–Trinajstić information content (AvgIpc) is 2.91. The number of hydrogen-bond donors (Lipinski definition) is 1. The highest BCUT2D eigenvalue weighted by molar-refractivity contribution is 7.89. The van der Waals surface area contributed by atoms with Crippen molar-refractivity contribution in [2.24, 2.45) is 5.92 Å². The lowest BCUT2D eigenvalue weighted by Gasteiger charge is -2.42. The molecule has 1 aliphatic heterocycles. The molecule has 224 valence electrons. The van der Waals surface area contributed by atoms with Gasteiger partial charge < -0.3 is 19.7 Å². The van der Waals surface area contributed by atoms with Crippen LogP contribution in [0.5, 0.6) is 0 Å². The van der Waals surface area contributed by atoms with Gasteiger partial charge in [-0.3, -0.25) is 9.59 Å². The van der Waals surface area contributed by atoms with Gasteiger partial charge in [0.25, 0.3) is 0 Å². The van der Waals surface area contributed by atoms with Crippen molar-refractivity contribution in [1.82, 2.24) is 14.5 Å². The monoisotopic (exact) mass is 607 g/mol. The second kappa shape index (κ2) is 12.5. The van der Waals surface area contributed by atoms with Crippen LogP contribution in [0.1, 0.15) is 52.9 Å². The number of carbonyl (C=O) groups is 3. The molecule has 1 N–H and O–H groups in total.